The molecule has 0 aliphatic carbocycles. The van der Waals surface area contributed by atoms with Gasteiger partial charge in [0.25, 0.3) is 5.91 Å². The fourth-order valence-electron chi connectivity index (χ4n) is 1.67. The number of oxime groups is 1. The number of hydrogen-bond donors (Lipinski definition) is 3. The first-order valence-corrected chi connectivity index (χ1v) is 5.86. The van der Waals surface area contributed by atoms with E-state index in [9.17, 15) is 13.6 Å². The summed E-state index contributed by atoms with van der Waals surface area (Å²) >= 11 is 0. The number of benzene rings is 2. The van der Waals surface area contributed by atoms with Crippen LogP contribution in [0, 0.1) is 11.6 Å². The van der Waals surface area contributed by atoms with Gasteiger partial charge in [-0.2, -0.15) is 0 Å². The lowest BCUT2D eigenvalue weighted by molar-refractivity contribution is 0.102. The normalized spacial score (nSPS) is 11.2. The van der Waals surface area contributed by atoms with E-state index in [2.05, 4.69) is 10.5 Å². The second-order valence-electron chi connectivity index (χ2n) is 4.11. The maximum absolute atomic E-state index is 13.8. The molecule has 0 bridgehead atoms. The Balaban J connectivity index is 2.25. The van der Waals surface area contributed by atoms with Crippen LogP contribution in [0.5, 0.6) is 0 Å². The average molecular weight is 291 g/mol. The molecule has 21 heavy (non-hydrogen) atoms. The number of halogens is 2. The summed E-state index contributed by atoms with van der Waals surface area (Å²) in [6, 6.07) is 8.94. The Morgan fingerprint density at radius 2 is 1.86 bits per heavy atom. The van der Waals surface area contributed by atoms with Gasteiger partial charge in [0.1, 0.15) is 11.6 Å². The Morgan fingerprint density at radius 3 is 2.48 bits per heavy atom. The van der Waals surface area contributed by atoms with Gasteiger partial charge >= 0.3 is 0 Å². The first-order chi connectivity index (χ1) is 10.0. The van der Waals surface area contributed by atoms with Gasteiger partial charge in [-0.1, -0.05) is 17.3 Å². The molecule has 2 rings (SSSR count). The van der Waals surface area contributed by atoms with E-state index in [1.54, 1.807) is 0 Å². The van der Waals surface area contributed by atoms with Crippen molar-refractivity contribution in [3.63, 3.8) is 0 Å². The summed E-state index contributed by atoms with van der Waals surface area (Å²) in [5, 5.41) is 13.5. The maximum atomic E-state index is 13.8. The summed E-state index contributed by atoms with van der Waals surface area (Å²) in [5.74, 6) is -2.53. The van der Waals surface area contributed by atoms with E-state index in [1.807, 2.05) is 0 Å². The van der Waals surface area contributed by atoms with Crippen molar-refractivity contribution in [1.82, 2.24) is 0 Å². The van der Waals surface area contributed by atoms with Crippen LogP contribution in [0.1, 0.15) is 15.9 Å². The van der Waals surface area contributed by atoms with Gasteiger partial charge in [-0.05, 0) is 30.3 Å². The quantitative estimate of drug-likeness (QED) is 0.351. The maximum Gasteiger partial charge on any atom is 0.258 e. The number of rotatable bonds is 3. The largest absolute Gasteiger partial charge is 0.409 e. The van der Waals surface area contributed by atoms with Gasteiger partial charge in [-0.15, -0.1) is 0 Å². The zero-order chi connectivity index (χ0) is 15.4. The molecule has 0 heterocycles. The van der Waals surface area contributed by atoms with Crippen LogP contribution in [0.4, 0.5) is 14.5 Å². The number of amides is 1. The van der Waals surface area contributed by atoms with Crippen LogP contribution in [0.25, 0.3) is 0 Å². The number of nitrogens with one attached hydrogen (secondary N) is 1. The van der Waals surface area contributed by atoms with E-state index in [0.717, 1.165) is 12.1 Å². The van der Waals surface area contributed by atoms with Crippen LogP contribution >= 0.6 is 0 Å². The van der Waals surface area contributed by atoms with E-state index in [4.69, 9.17) is 10.9 Å². The predicted molar refractivity (Wildman–Crippen MR) is 73.3 cm³/mol. The van der Waals surface area contributed by atoms with Crippen LogP contribution in [-0.4, -0.2) is 17.0 Å². The molecule has 0 aliphatic rings. The number of amidine groups is 1. The van der Waals surface area contributed by atoms with Crippen LogP contribution < -0.4 is 11.1 Å². The first kappa shape index (κ1) is 14.4. The molecule has 1 amide bonds. The van der Waals surface area contributed by atoms with Crippen molar-refractivity contribution in [2.24, 2.45) is 10.9 Å². The number of hydrogen-bond acceptors (Lipinski definition) is 3. The van der Waals surface area contributed by atoms with E-state index >= 15 is 0 Å². The van der Waals surface area contributed by atoms with Gasteiger partial charge in [0.15, 0.2) is 5.84 Å². The van der Waals surface area contributed by atoms with Crippen LogP contribution in [0.15, 0.2) is 47.6 Å². The zero-order valence-corrected chi connectivity index (χ0v) is 10.7. The second kappa shape index (κ2) is 6.00. The molecular formula is C14H11F2N3O2. The molecule has 0 fully saturated rings. The van der Waals surface area contributed by atoms with Gasteiger partial charge in [0, 0.05) is 5.56 Å². The number of nitrogens with two attached hydrogens (primary N) is 1. The van der Waals surface area contributed by atoms with E-state index < -0.39 is 17.5 Å². The van der Waals surface area contributed by atoms with E-state index in [-0.39, 0.29) is 22.6 Å². The minimum Gasteiger partial charge on any atom is -0.409 e. The Kier molecular flexibility index (Phi) is 4.13. The molecule has 0 radical (unpaired) electrons. The number of carbonyl (C=O) groups is 1. The van der Waals surface area contributed by atoms with Crippen molar-refractivity contribution in [3.8, 4) is 0 Å². The molecule has 0 aliphatic heterocycles. The highest BCUT2D eigenvalue weighted by Gasteiger charge is 2.14. The highest BCUT2D eigenvalue weighted by molar-refractivity contribution is 6.05. The summed E-state index contributed by atoms with van der Waals surface area (Å²) in [5.41, 5.74) is 5.14. The average Bonchev–Trinajstić information content (AvgIpc) is 2.48. The smallest absolute Gasteiger partial charge is 0.258 e. The standard InChI is InChI=1S/C14H11F2N3O2/c15-10-4-2-1-3-9(10)14(20)18-12-6-5-8(7-11(12)16)13(17)19-21/h1-7,21H,(H2,17,19)(H,18,20). The lowest BCUT2D eigenvalue weighted by Crippen LogP contribution is -2.16. The van der Waals surface area contributed by atoms with Crippen molar-refractivity contribution >= 4 is 17.4 Å². The molecule has 0 saturated heterocycles. The molecule has 0 aromatic heterocycles. The monoisotopic (exact) mass is 291 g/mol. The highest BCUT2D eigenvalue weighted by atomic mass is 19.1. The molecule has 108 valence electrons. The van der Waals surface area contributed by atoms with Crippen molar-refractivity contribution < 1.29 is 18.8 Å². The second-order valence-corrected chi connectivity index (χ2v) is 4.11. The van der Waals surface area contributed by atoms with Crippen molar-refractivity contribution in [1.29, 1.82) is 0 Å². The summed E-state index contributed by atoms with van der Waals surface area (Å²) in [4.78, 5) is 11.9. The Morgan fingerprint density at radius 1 is 1.14 bits per heavy atom. The third kappa shape index (κ3) is 3.14. The highest BCUT2D eigenvalue weighted by Crippen LogP contribution is 2.17. The number of carbonyl (C=O) groups excluding carboxylic acids is 1. The van der Waals surface area contributed by atoms with Crippen molar-refractivity contribution in [2.75, 3.05) is 5.32 Å². The fourth-order valence-corrected chi connectivity index (χ4v) is 1.67. The summed E-state index contributed by atoms with van der Waals surface area (Å²) in [6.07, 6.45) is 0. The summed E-state index contributed by atoms with van der Waals surface area (Å²) < 4.78 is 27.3. The Bertz CT molecular complexity index is 717. The van der Waals surface area contributed by atoms with Crippen molar-refractivity contribution in [2.45, 2.75) is 0 Å². The third-order valence-electron chi connectivity index (χ3n) is 2.74. The lowest BCUT2D eigenvalue weighted by Gasteiger charge is -2.08. The minimum atomic E-state index is -0.788. The number of anilines is 1. The molecule has 4 N–H and O–H groups in total. The van der Waals surface area contributed by atoms with Gasteiger partial charge in [-0.3, -0.25) is 4.79 Å². The van der Waals surface area contributed by atoms with Crippen molar-refractivity contribution in [3.05, 3.63) is 65.2 Å². The summed E-state index contributed by atoms with van der Waals surface area (Å²) in [7, 11) is 0. The van der Waals surface area contributed by atoms with E-state index in [0.29, 0.717) is 0 Å². The fraction of sp³-hybridized carbons (Fsp3) is 0. The Labute approximate surface area is 118 Å². The SMILES string of the molecule is N/C(=N/O)c1ccc(NC(=O)c2ccccc2F)c(F)c1. The van der Waals surface area contributed by atoms with Gasteiger partial charge < -0.3 is 16.3 Å². The molecule has 0 atom stereocenters. The van der Waals surface area contributed by atoms with Gasteiger partial charge in [-0.25, -0.2) is 8.78 Å². The minimum absolute atomic E-state index is 0.141. The van der Waals surface area contributed by atoms with Crippen LogP contribution in [-0.2, 0) is 0 Å². The zero-order valence-electron chi connectivity index (χ0n) is 10.7. The molecule has 0 spiro atoms. The molecule has 5 nitrogen and oxygen atoms in total. The number of nitrogens with zero attached hydrogens (tertiary/aromatic N) is 1. The summed E-state index contributed by atoms with van der Waals surface area (Å²) in [6.45, 7) is 0. The Hall–Kier alpha value is -2.96. The van der Waals surface area contributed by atoms with Gasteiger partial charge in [0.2, 0.25) is 0 Å². The molecular weight excluding hydrogens is 280 g/mol. The van der Waals surface area contributed by atoms with E-state index in [1.165, 1.54) is 30.3 Å². The first-order valence-electron chi connectivity index (χ1n) is 5.86. The third-order valence-corrected chi connectivity index (χ3v) is 2.74. The lowest BCUT2D eigenvalue weighted by atomic mass is 10.1. The topological polar surface area (TPSA) is 87.7 Å². The molecule has 0 saturated carbocycles. The molecule has 7 heteroatoms. The molecule has 2 aromatic carbocycles. The predicted octanol–water partition coefficient (Wildman–Crippen LogP) is 2.31. The van der Waals surface area contributed by atoms with Gasteiger partial charge in [0.05, 0.1) is 11.3 Å². The molecule has 2 aromatic rings. The van der Waals surface area contributed by atoms with Crippen LogP contribution in [0.2, 0.25) is 0 Å². The van der Waals surface area contributed by atoms with Crippen LogP contribution in [0.3, 0.4) is 0 Å². The molecule has 0 unspecified atom stereocenters.